The average Bonchev–Trinajstić information content (AvgIpc) is 2.55. The van der Waals surface area contributed by atoms with Gasteiger partial charge in [-0.25, -0.2) is 21.6 Å². The lowest BCUT2D eigenvalue weighted by molar-refractivity contribution is -0.113. The summed E-state index contributed by atoms with van der Waals surface area (Å²) in [6, 6.07) is 11.7. The van der Waals surface area contributed by atoms with Gasteiger partial charge in [0.05, 0.1) is 9.79 Å². The van der Waals surface area contributed by atoms with Crippen molar-refractivity contribution >= 4 is 31.5 Å². The van der Waals surface area contributed by atoms with Crippen molar-refractivity contribution in [3.63, 3.8) is 0 Å². The molecule has 0 spiro atoms. The summed E-state index contributed by atoms with van der Waals surface area (Å²) in [6.07, 6.45) is 0. The summed E-state index contributed by atoms with van der Waals surface area (Å²) in [5, 5.41) is 2.46. The van der Waals surface area contributed by atoms with Crippen LogP contribution in [0.15, 0.2) is 58.3 Å². The first kappa shape index (κ1) is 20.1. The molecular weight excluding hydrogens is 376 g/mol. The molecule has 0 atom stereocenters. The number of sulfone groups is 1. The van der Waals surface area contributed by atoms with E-state index in [-0.39, 0.29) is 16.3 Å². The Balaban J connectivity index is 2.07. The van der Waals surface area contributed by atoms with Gasteiger partial charge < -0.3 is 5.32 Å². The highest BCUT2D eigenvalue weighted by atomic mass is 32.2. The molecule has 26 heavy (non-hydrogen) atoms. The van der Waals surface area contributed by atoms with Gasteiger partial charge >= 0.3 is 0 Å². The van der Waals surface area contributed by atoms with Gasteiger partial charge in [-0.2, -0.15) is 0 Å². The van der Waals surface area contributed by atoms with Gasteiger partial charge in [-0.15, -0.1) is 0 Å². The topological polar surface area (TPSA) is 109 Å². The molecule has 0 bridgehead atoms. The molecule has 1 amide bonds. The summed E-state index contributed by atoms with van der Waals surface area (Å²) in [4.78, 5) is 12.2. The van der Waals surface area contributed by atoms with Crippen LogP contribution in [-0.4, -0.2) is 35.0 Å². The van der Waals surface area contributed by atoms with E-state index in [4.69, 9.17) is 0 Å². The second-order valence-corrected chi connectivity index (χ2v) is 9.40. The van der Waals surface area contributed by atoms with Crippen molar-refractivity contribution < 1.29 is 21.6 Å². The zero-order chi connectivity index (χ0) is 19.4. The van der Waals surface area contributed by atoms with Crippen LogP contribution in [0.4, 0.5) is 5.69 Å². The highest BCUT2D eigenvalue weighted by Crippen LogP contribution is 2.16. The van der Waals surface area contributed by atoms with Crippen LogP contribution in [-0.2, 0) is 24.7 Å². The molecule has 0 aliphatic carbocycles. The second-order valence-electron chi connectivity index (χ2n) is 5.65. The van der Waals surface area contributed by atoms with Crippen LogP contribution in [0.25, 0.3) is 0 Å². The van der Waals surface area contributed by atoms with E-state index in [1.54, 1.807) is 19.1 Å². The quantitative estimate of drug-likeness (QED) is 0.740. The lowest BCUT2D eigenvalue weighted by Gasteiger charge is -2.08. The standard InChI is InChI=1S/C17H20N2O5S2/c1-3-18-26(23,24)16-10-6-14(7-11-16)19-17(20)12-25(21,22)15-8-4-13(2)5-9-15/h4-11,18H,3,12H2,1-2H3,(H,19,20). The highest BCUT2D eigenvalue weighted by molar-refractivity contribution is 7.92. The summed E-state index contributed by atoms with van der Waals surface area (Å²) in [6.45, 7) is 3.77. The minimum absolute atomic E-state index is 0.0598. The third-order valence-electron chi connectivity index (χ3n) is 3.48. The minimum atomic E-state index is -3.75. The fourth-order valence-electron chi connectivity index (χ4n) is 2.19. The van der Waals surface area contributed by atoms with E-state index in [0.29, 0.717) is 5.69 Å². The zero-order valence-corrected chi connectivity index (χ0v) is 16.0. The van der Waals surface area contributed by atoms with Crippen LogP contribution in [0.2, 0.25) is 0 Å². The van der Waals surface area contributed by atoms with Gasteiger partial charge in [0, 0.05) is 12.2 Å². The van der Waals surface area contributed by atoms with Crippen molar-refractivity contribution in [3.8, 4) is 0 Å². The Hall–Kier alpha value is -2.23. The number of sulfonamides is 1. The van der Waals surface area contributed by atoms with E-state index in [1.807, 2.05) is 6.92 Å². The number of carbonyl (C=O) groups excluding carboxylic acids is 1. The number of anilines is 1. The first-order valence-corrected chi connectivity index (χ1v) is 11.0. The summed E-state index contributed by atoms with van der Waals surface area (Å²) in [7, 11) is -7.34. The molecule has 2 aromatic carbocycles. The lowest BCUT2D eigenvalue weighted by Crippen LogP contribution is -2.24. The molecule has 0 radical (unpaired) electrons. The molecule has 2 aromatic rings. The van der Waals surface area contributed by atoms with E-state index in [9.17, 15) is 21.6 Å². The van der Waals surface area contributed by atoms with Crippen molar-refractivity contribution in [3.05, 3.63) is 54.1 Å². The Labute approximate surface area is 153 Å². The van der Waals surface area contributed by atoms with Crippen molar-refractivity contribution in [1.29, 1.82) is 0 Å². The van der Waals surface area contributed by atoms with Gasteiger partial charge in [0.2, 0.25) is 15.9 Å². The number of nitrogens with one attached hydrogen (secondary N) is 2. The van der Waals surface area contributed by atoms with E-state index in [2.05, 4.69) is 10.0 Å². The lowest BCUT2D eigenvalue weighted by atomic mass is 10.2. The third-order valence-corrected chi connectivity index (χ3v) is 6.68. The van der Waals surface area contributed by atoms with Crippen LogP contribution in [0.5, 0.6) is 0 Å². The SMILES string of the molecule is CCNS(=O)(=O)c1ccc(NC(=O)CS(=O)(=O)c2ccc(C)cc2)cc1. The minimum Gasteiger partial charge on any atom is -0.325 e. The molecule has 0 heterocycles. The summed E-state index contributed by atoms with van der Waals surface area (Å²) < 4.78 is 50.6. The normalized spacial score (nSPS) is 11.9. The van der Waals surface area contributed by atoms with Crippen molar-refractivity contribution in [2.75, 3.05) is 17.6 Å². The highest BCUT2D eigenvalue weighted by Gasteiger charge is 2.19. The Morgan fingerprint density at radius 1 is 0.885 bits per heavy atom. The number of carbonyl (C=O) groups is 1. The average molecular weight is 396 g/mol. The molecule has 0 aromatic heterocycles. The number of aryl methyl sites for hydroxylation is 1. The van der Waals surface area contributed by atoms with E-state index in [1.165, 1.54) is 36.4 Å². The van der Waals surface area contributed by atoms with Gasteiger partial charge in [-0.3, -0.25) is 4.79 Å². The predicted octanol–water partition coefficient (Wildman–Crippen LogP) is 1.71. The van der Waals surface area contributed by atoms with Crippen molar-refractivity contribution in [2.24, 2.45) is 0 Å². The molecule has 2 N–H and O–H groups in total. The van der Waals surface area contributed by atoms with Gasteiger partial charge in [0.1, 0.15) is 5.75 Å². The molecule has 9 heteroatoms. The predicted molar refractivity (Wildman–Crippen MR) is 99.2 cm³/mol. The van der Waals surface area contributed by atoms with Crippen LogP contribution < -0.4 is 10.0 Å². The first-order chi connectivity index (χ1) is 12.1. The van der Waals surface area contributed by atoms with Crippen molar-refractivity contribution in [2.45, 2.75) is 23.6 Å². The maximum atomic E-state index is 12.3. The van der Waals surface area contributed by atoms with Gasteiger partial charge in [-0.1, -0.05) is 24.6 Å². The third kappa shape index (κ3) is 5.13. The smallest absolute Gasteiger partial charge is 0.240 e. The molecule has 0 saturated carbocycles. The van der Waals surface area contributed by atoms with E-state index in [0.717, 1.165) is 5.56 Å². The van der Waals surface area contributed by atoms with Crippen LogP contribution in [0.3, 0.4) is 0 Å². The van der Waals surface area contributed by atoms with Crippen LogP contribution in [0.1, 0.15) is 12.5 Å². The number of hydrogen-bond donors (Lipinski definition) is 2. The van der Waals surface area contributed by atoms with Crippen molar-refractivity contribution in [1.82, 2.24) is 4.72 Å². The molecule has 0 unspecified atom stereocenters. The summed E-state index contributed by atoms with van der Waals surface area (Å²) in [5.41, 5.74) is 1.23. The molecule has 140 valence electrons. The molecule has 0 saturated heterocycles. The molecule has 0 aliphatic heterocycles. The number of rotatable bonds is 7. The fraction of sp³-hybridized carbons (Fsp3) is 0.235. The Morgan fingerprint density at radius 2 is 1.42 bits per heavy atom. The summed E-state index contributed by atoms with van der Waals surface area (Å²) in [5.74, 6) is -1.40. The maximum absolute atomic E-state index is 12.3. The summed E-state index contributed by atoms with van der Waals surface area (Å²) >= 11 is 0. The van der Waals surface area contributed by atoms with E-state index < -0.39 is 31.5 Å². The molecular formula is C17H20N2O5S2. The van der Waals surface area contributed by atoms with Gasteiger partial charge in [0.25, 0.3) is 0 Å². The van der Waals surface area contributed by atoms with Gasteiger partial charge in [-0.05, 0) is 43.3 Å². The zero-order valence-electron chi connectivity index (χ0n) is 14.4. The molecule has 0 fully saturated rings. The molecule has 2 rings (SSSR count). The largest absolute Gasteiger partial charge is 0.325 e. The van der Waals surface area contributed by atoms with Gasteiger partial charge in [0.15, 0.2) is 9.84 Å². The number of amides is 1. The first-order valence-electron chi connectivity index (χ1n) is 7.83. The fourth-order valence-corrected chi connectivity index (χ4v) is 4.37. The number of hydrogen-bond acceptors (Lipinski definition) is 5. The number of benzene rings is 2. The monoisotopic (exact) mass is 396 g/mol. The second kappa shape index (κ2) is 7.98. The Kier molecular flexibility index (Phi) is 6.17. The molecule has 7 nitrogen and oxygen atoms in total. The molecule has 0 aliphatic rings. The van der Waals surface area contributed by atoms with E-state index >= 15 is 0 Å². The van der Waals surface area contributed by atoms with Crippen LogP contribution in [0, 0.1) is 6.92 Å². The maximum Gasteiger partial charge on any atom is 0.240 e. The van der Waals surface area contributed by atoms with Crippen LogP contribution >= 0.6 is 0 Å². The Morgan fingerprint density at radius 3 is 1.96 bits per heavy atom. The Bertz CT molecular complexity index is 980.